The first kappa shape index (κ1) is 25.7. The summed E-state index contributed by atoms with van der Waals surface area (Å²) in [5.74, 6) is -0.627. The number of benzene rings is 2. The van der Waals surface area contributed by atoms with Crippen molar-refractivity contribution in [1.82, 2.24) is 29.9 Å². The van der Waals surface area contributed by atoms with Crippen molar-refractivity contribution in [1.29, 1.82) is 0 Å². The summed E-state index contributed by atoms with van der Waals surface area (Å²) in [5, 5.41) is 21.3. The molecule has 0 aliphatic carbocycles. The summed E-state index contributed by atoms with van der Waals surface area (Å²) in [5.41, 5.74) is 3.61. The Kier molecular flexibility index (Phi) is 7.89. The zero-order valence-corrected chi connectivity index (χ0v) is 22.5. The molecule has 5 aromatic rings. The molecule has 3 aromatic heterocycles. The second kappa shape index (κ2) is 11.7. The molecule has 0 aliphatic rings. The highest BCUT2D eigenvalue weighted by Crippen LogP contribution is 2.30. The fourth-order valence-corrected chi connectivity index (χ4v) is 5.55. The molecule has 0 saturated carbocycles. The van der Waals surface area contributed by atoms with Gasteiger partial charge in [-0.3, -0.25) is 14.9 Å². The molecule has 10 nitrogen and oxygen atoms in total. The van der Waals surface area contributed by atoms with Crippen molar-refractivity contribution < 1.29 is 14.3 Å². The second-order valence-corrected chi connectivity index (χ2v) is 10.6. The molecule has 1 atom stereocenters. The van der Waals surface area contributed by atoms with E-state index >= 15 is 0 Å². The summed E-state index contributed by atoms with van der Waals surface area (Å²) in [7, 11) is 0. The van der Waals surface area contributed by atoms with Gasteiger partial charge in [-0.25, -0.2) is 4.98 Å². The number of ether oxygens (including phenoxy) is 1. The average Bonchev–Trinajstić information content (AvgIpc) is 3.49. The number of carbonyl (C=O) groups excluding carboxylic acids is 2. The van der Waals surface area contributed by atoms with Gasteiger partial charge in [-0.15, -0.1) is 20.4 Å². The summed E-state index contributed by atoms with van der Waals surface area (Å²) >= 11 is 2.40. The SMILES string of the molecule is CCOC(=O)Cc1nnc(NC(=O)[C@H](CC)Sc2nnc3c4ccccc4n(Cc4ccccc4)c3n2)s1. The number of anilines is 1. The molecule has 0 fully saturated rings. The van der Waals surface area contributed by atoms with Crippen LogP contribution in [0.3, 0.4) is 0 Å². The number of nitrogens with one attached hydrogen (secondary N) is 1. The van der Waals surface area contributed by atoms with E-state index in [1.54, 1.807) is 6.92 Å². The van der Waals surface area contributed by atoms with Crippen molar-refractivity contribution in [2.24, 2.45) is 0 Å². The average molecular weight is 548 g/mol. The number of carbonyl (C=O) groups is 2. The first-order valence-electron chi connectivity index (χ1n) is 12.2. The number of para-hydroxylation sites is 1. The van der Waals surface area contributed by atoms with Crippen LogP contribution in [0.25, 0.3) is 22.1 Å². The predicted octanol–water partition coefficient (Wildman–Crippen LogP) is 4.49. The maximum absolute atomic E-state index is 13.0. The topological polar surface area (TPSA) is 125 Å². The van der Waals surface area contributed by atoms with Crippen molar-refractivity contribution in [3.8, 4) is 0 Å². The summed E-state index contributed by atoms with van der Waals surface area (Å²) in [4.78, 5) is 29.5. The highest BCUT2D eigenvalue weighted by atomic mass is 32.2. The lowest BCUT2D eigenvalue weighted by molar-refractivity contribution is -0.142. The fraction of sp³-hybridized carbons (Fsp3) is 0.269. The number of fused-ring (bicyclic) bond motifs is 3. The smallest absolute Gasteiger partial charge is 0.312 e. The van der Waals surface area contributed by atoms with Crippen LogP contribution in [-0.2, 0) is 27.3 Å². The summed E-state index contributed by atoms with van der Waals surface area (Å²) in [6, 6.07) is 18.2. The maximum atomic E-state index is 13.0. The van der Waals surface area contributed by atoms with Gasteiger partial charge >= 0.3 is 5.97 Å². The quantitative estimate of drug-likeness (QED) is 0.199. The van der Waals surface area contributed by atoms with E-state index in [2.05, 4.69) is 48.5 Å². The van der Waals surface area contributed by atoms with Gasteiger partial charge in [-0.05, 0) is 25.0 Å². The van der Waals surface area contributed by atoms with E-state index in [9.17, 15) is 9.59 Å². The first-order valence-corrected chi connectivity index (χ1v) is 13.9. The van der Waals surface area contributed by atoms with Crippen molar-refractivity contribution >= 4 is 62.2 Å². The van der Waals surface area contributed by atoms with Gasteiger partial charge < -0.3 is 9.30 Å². The van der Waals surface area contributed by atoms with Crippen LogP contribution in [0.5, 0.6) is 0 Å². The number of thioether (sulfide) groups is 1. The monoisotopic (exact) mass is 547 g/mol. The minimum absolute atomic E-state index is 0.0177. The summed E-state index contributed by atoms with van der Waals surface area (Å²) in [6.45, 7) is 4.59. The molecule has 0 radical (unpaired) electrons. The van der Waals surface area contributed by atoms with Crippen LogP contribution >= 0.6 is 23.1 Å². The van der Waals surface area contributed by atoms with Crippen LogP contribution in [0, 0.1) is 0 Å². The van der Waals surface area contributed by atoms with Crippen molar-refractivity contribution in [3.05, 3.63) is 65.2 Å². The highest BCUT2D eigenvalue weighted by molar-refractivity contribution is 8.00. The Morgan fingerprint density at radius 3 is 2.61 bits per heavy atom. The van der Waals surface area contributed by atoms with Crippen molar-refractivity contribution in [2.75, 3.05) is 11.9 Å². The minimum Gasteiger partial charge on any atom is -0.466 e. The van der Waals surface area contributed by atoms with E-state index in [0.29, 0.717) is 34.9 Å². The van der Waals surface area contributed by atoms with E-state index in [1.807, 2.05) is 43.3 Å². The summed E-state index contributed by atoms with van der Waals surface area (Å²) < 4.78 is 7.07. The number of aromatic nitrogens is 6. The normalized spacial score (nSPS) is 12.1. The molecule has 0 saturated heterocycles. The molecule has 1 amide bonds. The van der Waals surface area contributed by atoms with Gasteiger partial charge in [0.15, 0.2) is 5.65 Å². The first-order chi connectivity index (χ1) is 18.6. The van der Waals surface area contributed by atoms with Crippen LogP contribution < -0.4 is 5.32 Å². The number of hydrogen-bond acceptors (Lipinski definition) is 10. The second-order valence-electron chi connectivity index (χ2n) is 8.34. The Morgan fingerprint density at radius 2 is 1.82 bits per heavy atom. The number of hydrogen-bond donors (Lipinski definition) is 1. The number of rotatable bonds is 10. The van der Waals surface area contributed by atoms with Crippen molar-refractivity contribution in [3.63, 3.8) is 0 Å². The van der Waals surface area contributed by atoms with E-state index in [1.165, 1.54) is 11.8 Å². The molecular formula is C26H25N7O3S2. The molecule has 0 unspecified atom stereocenters. The lowest BCUT2D eigenvalue weighted by Crippen LogP contribution is -2.24. The van der Waals surface area contributed by atoms with Crippen molar-refractivity contribution in [2.45, 2.75) is 43.6 Å². The van der Waals surface area contributed by atoms with Gasteiger partial charge in [0.05, 0.1) is 23.8 Å². The Morgan fingerprint density at radius 1 is 1.03 bits per heavy atom. The van der Waals surface area contributed by atoms with Gasteiger partial charge in [-0.2, -0.15) is 0 Å². The van der Waals surface area contributed by atoms with Gasteiger partial charge in [-0.1, -0.05) is 78.6 Å². The molecule has 0 spiro atoms. The maximum Gasteiger partial charge on any atom is 0.312 e. The molecule has 5 rings (SSSR count). The van der Waals surface area contributed by atoms with Crippen LogP contribution in [0.2, 0.25) is 0 Å². The molecule has 194 valence electrons. The number of esters is 1. The molecule has 0 aliphatic heterocycles. The third kappa shape index (κ3) is 5.65. The highest BCUT2D eigenvalue weighted by Gasteiger charge is 2.23. The Labute approximate surface area is 226 Å². The predicted molar refractivity (Wildman–Crippen MR) is 147 cm³/mol. The molecular weight excluding hydrogens is 522 g/mol. The van der Waals surface area contributed by atoms with Gasteiger partial charge in [0, 0.05) is 11.9 Å². The van der Waals surface area contributed by atoms with E-state index in [0.717, 1.165) is 39.0 Å². The molecule has 3 heterocycles. The Bertz CT molecular complexity index is 1590. The van der Waals surface area contributed by atoms with Crippen LogP contribution in [-0.4, -0.2) is 53.7 Å². The zero-order chi connectivity index (χ0) is 26.5. The molecule has 12 heteroatoms. The molecule has 1 N–H and O–H groups in total. The number of nitrogens with zero attached hydrogens (tertiary/aromatic N) is 6. The van der Waals surface area contributed by atoms with E-state index in [4.69, 9.17) is 9.72 Å². The number of amides is 1. The molecule has 2 aromatic carbocycles. The van der Waals surface area contributed by atoms with Gasteiger partial charge in [0.25, 0.3) is 0 Å². The standard InChI is InChI=1S/C26H25N7O3S2/c1-3-19(24(35)28-26-31-29-20(38-26)14-21(34)36-4-2)37-25-27-23-22(30-32-25)17-12-8-9-13-18(17)33(23)15-16-10-6-5-7-11-16/h5-13,19H,3-4,14-15H2,1-2H3,(H,28,31,35)/t19-/m0/s1. The Hall–Kier alpha value is -3.90. The van der Waals surface area contributed by atoms with Gasteiger partial charge in [0.2, 0.25) is 16.2 Å². The molecule has 38 heavy (non-hydrogen) atoms. The largest absolute Gasteiger partial charge is 0.466 e. The summed E-state index contributed by atoms with van der Waals surface area (Å²) in [6.07, 6.45) is 0.559. The molecule has 0 bridgehead atoms. The van der Waals surface area contributed by atoms with Crippen LogP contribution in [0.4, 0.5) is 5.13 Å². The Balaban J connectivity index is 1.36. The van der Waals surface area contributed by atoms with Crippen LogP contribution in [0.15, 0.2) is 59.8 Å². The van der Waals surface area contributed by atoms with E-state index in [-0.39, 0.29) is 18.3 Å². The lowest BCUT2D eigenvalue weighted by atomic mass is 10.2. The third-order valence-electron chi connectivity index (χ3n) is 5.75. The minimum atomic E-state index is -0.474. The van der Waals surface area contributed by atoms with Gasteiger partial charge in [0.1, 0.15) is 10.5 Å². The zero-order valence-electron chi connectivity index (χ0n) is 20.8. The third-order valence-corrected chi connectivity index (χ3v) is 7.80. The lowest BCUT2D eigenvalue weighted by Gasteiger charge is -2.12. The van der Waals surface area contributed by atoms with Crippen LogP contribution in [0.1, 0.15) is 30.8 Å². The fourth-order valence-electron chi connectivity index (χ4n) is 4.01. The van der Waals surface area contributed by atoms with E-state index < -0.39 is 5.25 Å².